The summed E-state index contributed by atoms with van der Waals surface area (Å²) >= 11 is 7.63. The zero-order chi connectivity index (χ0) is 9.26. The highest BCUT2D eigenvalue weighted by molar-refractivity contribution is 7.15. The zero-order valence-electron chi connectivity index (χ0n) is 6.99. The Hall–Kier alpha value is -0.930. The Morgan fingerprint density at radius 1 is 1.38 bits per heavy atom. The molecule has 0 aliphatic heterocycles. The summed E-state index contributed by atoms with van der Waals surface area (Å²) in [6.45, 7) is 2.06. The van der Waals surface area contributed by atoms with E-state index in [1.165, 1.54) is 11.2 Å². The Bertz CT molecular complexity index is 425. The summed E-state index contributed by atoms with van der Waals surface area (Å²) in [7, 11) is 0. The molecule has 0 aliphatic rings. The van der Waals surface area contributed by atoms with E-state index in [0.29, 0.717) is 5.02 Å². The van der Waals surface area contributed by atoms with Gasteiger partial charge < -0.3 is 0 Å². The second kappa shape index (κ2) is 3.44. The molecule has 4 heteroatoms. The van der Waals surface area contributed by atoms with Gasteiger partial charge in [0, 0.05) is 11.1 Å². The van der Waals surface area contributed by atoms with Crippen molar-refractivity contribution in [1.82, 2.24) is 9.97 Å². The van der Waals surface area contributed by atoms with Gasteiger partial charge in [-0.3, -0.25) is 0 Å². The van der Waals surface area contributed by atoms with Gasteiger partial charge in [0.05, 0.1) is 9.90 Å². The highest BCUT2D eigenvalue weighted by Crippen LogP contribution is 2.30. The average molecular weight is 211 g/mol. The molecule has 0 N–H and O–H groups in total. The summed E-state index contributed by atoms with van der Waals surface area (Å²) in [6, 6.07) is 4.08. The van der Waals surface area contributed by atoms with Gasteiger partial charge in [0.1, 0.15) is 12.0 Å². The molecule has 0 fully saturated rings. The van der Waals surface area contributed by atoms with Crippen LogP contribution < -0.4 is 0 Å². The number of aryl methyl sites for hydroxylation is 1. The van der Waals surface area contributed by atoms with Crippen molar-refractivity contribution in [3.05, 3.63) is 34.6 Å². The number of nitrogens with zero attached hydrogens (tertiary/aromatic N) is 2. The second-order valence-electron chi connectivity index (χ2n) is 2.63. The van der Waals surface area contributed by atoms with Gasteiger partial charge in [-0.05, 0) is 19.1 Å². The molecule has 0 saturated heterocycles. The summed E-state index contributed by atoms with van der Waals surface area (Å²) in [5.41, 5.74) is 0.815. The number of hydrogen-bond donors (Lipinski definition) is 0. The van der Waals surface area contributed by atoms with Gasteiger partial charge >= 0.3 is 0 Å². The van der Waals surface area contributed by atoms with Gasteiger partial charge in [-0.25, -0.2) is 9.97 Å². The van der Waals surface area contributed by atoms with Gasteiger partial charge in [0.25, 0.3) is 0 Å². The Morgan fingerprint density at radius 3 is 2.85 bits per heavy atom. The fourth-order valence-corrected chi connectivity index (χ4v) is 2.20. The largest absolute Gasteiger partial charge is 0.243 e. The van der Waals surface area contributed by atoms with Crippen molar-refractivity contribution in [2.75, 3.05) is 0 Å². The fraction of sp³-hybridized carbons (Fsp3) is 0.111. The maximum Gasteiger partial charge on any atom is 0.116 e. The second-order valence-corrected chi connectivity index (χ2v) is 4.32. The van der Waals surface area contributed by atoms with Crippen molar-refractivity contribution in [2.24, 2.45) is 0 Å². The van der Waals surface area contributed by atoms with Crippen LogP contribution in [0.15, 0.2) is 24.7 Å². The maximum absolute atomic E-state index is 5.95. The Morgan fingerprint density at radius 2 is 2.23 bits per heavy atom. The monoisotopic (exact) mass is 210 g/mol. The van der Waals surface area contributed by atoms with Crippen LogP contribution in [0, 0.1) is 6.92 Å². The number of halogens is 1. The lowest BCUT2D eigenvalue weighted by Gasteiger charge is -1.96. The van der Waals surface area contributed by atoms with Crippen molar-refractivity contribution >= 4 is 22.9 Å². The molecule has 66 valence electrons. The Kier molecular flexibility index (Phi) is 2.29. The molecular formula is C9H7ClN2S. The average Bonchev–Trinajstić information content (AvgIpc) is 2.53. The van der Waals surface area contributed by atoms with Gasteiger partial charge in [-0.2, -0.15) is 0 Å². The summed E-state index contributed by atoms with van der Waals surface area (Å²) in [5.74, 6) is 0. The normalized spacial score (nSPS) is 10.3. The van der Waals surface area contributed by atoms with E-state index in [2.05, 4.69) is 23.0 Å². The number of aromatic nitrogens is 2. The molecule has 0 radical (unpaired) electrons. The van der Waals surface area contributed by atoms with Crippen LogP contribution in [0.25, 0.3) is 10.6 Å². The lowest BCUT2D eigenvalue weighted by Crippen LogP contribution is -1.82. The van der Waals surface area contributed by atoms with Crippen LogP contribution in [0.5, 0.6) is 0 Å². The molecule has 0 aromatic carbocycles. The molecule has 0 atom stereocenters. The van der Waals surface area contributed by atoms with Crippen molar-refractivity contribution in [2.45, 2.75) is 6.92 Å². The molecule has 2 aromatic heterocycles. The van der Waals surface area contributed by atoms with Crippen molar-refractivity contribution < 1.29 is 0 Å². The third-order valence-electron chi connectivity index (χ3n) is 1.64. The summed E-state index contributed by atoms with van der Waals surface area (Å²) in [4.78, 5) is 10.3. The zero-order valence-corrected chi connectivity index (χ0v) is 8.56. The van der Waals surface area contributed by atoms with E-state index in [1.807, 2.05) is 6.07 Å². The highest BCUT2D eigenvalue weighted by atomic mass is 35.5. The molecule has 0 spiro atoms. The van der Waals surface area contributed by atoms with Gasteiger partial charge in [-0.1, -0.05) is 11.6 Å². The SMILES string of the molecule is Cc1ccc(-c2ncncc2Cl)s1. The third-order valence-corrected chi connectivity index (χ3v) is 2.93. The van der Waals surface area contributed by atoms with E-state index in [4.69, 9.17) is 11.6 Å². The highest BCUT2D eigenvalue weighted by Gasteiger charge is 2.05. The van der Waals surface area contributed by atoms with Crippen LogP contribution in [-0.2, 0) is 0 Å². The first-order valence-electron chi connectivity index (χ1n) is 3.79. The molecule has 2 aromatic rings. The van der Waals surface area contributed by atoms with Crippen LogP contribution >= 0.6 is 22.9 Å². The first kappa shape index (κ1) is 8.66. The maximum atomic E-state index is 5.95. The third kappa shape index (κ3) is 1.71. The molecule has 2 rings (SSSR count). The van der Waals surface area contributed by atoms with Gasteiger partial charge in [-0.15, -0.1) is 11.3 Å². The topological polar surface area (TPSA) is 25.8 Å². The lowest BCUT2D eigenvalue weighted by molar-refractivity contribution is 1.18. The molecule has 0 aliphatic carbocycles. The summed E-state index contributed by atoms with van der Waals surface area (Å²) in [6.07, 6.45) is 3.12. The van der Waals surface area contributed by atoms with Crippen LogP contribution in [0.4, 0.5) is 0 Å². The predicted molar refractivity (Wildman–Crippen MR) is 55.1 cm³/mol. The molecule has 13 heavy (non-hydrogen) atoms. The van der Waals surface area contributed by atoms with E-state index in [1.54, 1.807) is 17.5 Å². The van der Waals surface area contributed by atoms with Crippen LogP contribution in [0.3, 0.4) is 0 Å². The van der Waals surface area contributed by atoms with Crippen LogP contribution in [-0.4, -0.2) is 9.97 Å². The van der Waals surface area contributed by atoms with E-state index < -0.39 is 0 Å². The molecule has 0 unspecified atom stereocenters. The molecule has 0 amide bonds. The molecule has 0 bridgehead atoms. The number of rotatable bonds is 1. The van der Waals surface area contributed by atoms with Crippen LogP contribution in [0.2, 0.25) is 5.02 Å². The van der Waals surface area contributed by atoms with Gasteiger partial charge in [0.2, 0.25) is 0 Å². The molecule has 2 heterocycles. The first-order valence-corrected chi connectivity index (χ1v) is 4.99. The van der Waals surface area contributed by atoms with E-state index in [0.717, 1.165) is 10.6 Å². The molecule has 2 nitrogen and oxygen atoms in total. The van der Waals surface area contributed by atoms with E-state index in [-0.39, 0.29) is 0 Å². The first-order chi connectivity index (χ1) is 6.27. The van der Waals surface area contributed by atoms with Crippen molar-refractivity contribution in [3.63, 3.8) is 0 Å². The van der Waals surface area contributed by atoms with Crippen molar-refractivity contribution in [3.8, 4) is 10.6 Å². The van der Waals surface area contributed by atoms with E-state index in [9.17, 15) is 0 Å². The standard InChI is InChI=1S/C9H7ClN2S/c1-6-2-3-8(13-6)9-7(10)4-11-5-12-9/h2-5H,1H3. The summed E-state index contributed by atoms with van der Waals surface area (Å²) in [5, 5.41) is 0.601. The van der Waals surface area contributed by atoms with Crippen molar-refractivity contribution in [1.29, 1.82) is 0 Å². The van der Waals surface area contributed by atoms with Gasteiger partial charge in [0.15, 0.2) is 0 Å². The molecule has 0 saturated carbocycles. The Labute approximate surface area is 85.2 Å². The Balaban J connectivity index is 2.52. The van der Waals surface area contributed by atoms with Crippen LogP contribution in [0.1, 0.15) is 4.88 Å². The minimum absolute atomic E-state index is 0.601. The molecular weight excluding hydrogens is 204 g/mol. The summed E-state index contributed by atoms with van der Waals surface area (Å²) < 4.78 is 0. The predicted octanol–water partition coefficient (Wildman–Crippen LogP) is 3.17. The quantitative estimate of drug-likeness (QED) is 0.723. The minimum Gasteiger partial charge on any atom is -0.243 e. The fourth-order valence-electron chi connectivity index (χ4n) is 1.06. The van der Waals surface area contributed by atoms with E-state index >= 15 is 0 Å². The number of thiophene rings is 1. The number of hydrogen-bond acceptors (Lipinski definition) is 3. The smallest absolute Gasteiger partial charge is 0.116 e. The minimum atomic E-state index is 0.601. The lowest BCUT2D eigenvalue weighted by atomic mass is 10.3.